The molecule has 3 rings (SSSR count). The molecule has 0 saturated heterocycles. The molecule has 0 spiro atoms. The van der Waals surface area contributed by atoms with Crippen molar-refractivity contribution in [3.63, 3.8) is 0 Å². The molecule has 162 valence electrons. The van der Waals surface area contributed by atoms with Gasteiger partial charge in [0.05, 0.1) is 17.3 Å². The van der Waals surface area contributed by atoms with E-state index in [1.54, 1.807) is 10.4 Å². The average Bonchev–Trinajstić information content (AvgIpc) is 3.18. The molecular formula is C17H16Cl2F4N6O. The van der Waals surface area contributed by atoms with Crippen molar-refractivity contribution < 1.29 is 22.4 Å². The molecule has 0 saturated carbocycles. The summed E-state index contributed by atoms with van der Waals surface area (Å²) < 4.78 is 52.3. The number of likely N-dealkylation sites (N-methyl/N-ethyl adjacent to an activating group) is 1. The number of nitrogens with zero attached hydrogens (tertiary/aromatic N) is 3. The molecule has 0 aliphatic carbocycles. The van der Waals surface area contributed by atoms with Crippen LogP contribution < -0.4 is 16.5 Å². The predicted octanol–water partition coefficient (Wildman–Crippen LogP) is 3.07. The first-order valence-electron chi connectivity index (χ1n) is 8.52. The lowest BCUT2D eigenvalue weighted by molar-refractivity contribution is -0.0657. The lowest BCUT2D eigenvalue weighted by atomic mass is 10.1. The minimum Gasteiger partial charge on any atom is -0.384 e. The standard InChI is InChI=1S/C17H16Cl2F4N6O/c1-25-11(15-27-16(28-30-15)17(21,22)23)6-12-14(24)26-4-5-29(12)7-8-9(18)2-3-10(20)13(8)19/h2-3,6,25H,4-5,7H2,1H3,(H2,24,26)(H,27,28). The molecule has 0 aromatic heterocycles. The van der Waals surface area contributed by atoms with E-state index in [9.17, 15) is 17.6 Å². The molecule has 2 heterocycles. The van der Waals surface area contributed by atoms with Crippen molar-refractivity contribution in [3.05, 3.63) is 56.9 Å². The van der Waals surface area contributed by atoms with Gasteiger partial charge in [0, 0.05) is 30.7 Å². The number of aliphatic imine (C=N–C) groups is 2. The van der Waals surface area contributed by atoms with E-state index >= 15 is 0 Å². The van der Waals surface area contributed by atoms with Crippen molar-refractivity contribution in [2.24, 2.45) is 15.7 Å². The van der Waals surface area contributed by atoms with Gasteiger partial charge in [-0.15, -0.1) is 0 Å². The van der Waals surface area contributed by atoms with E-state index in [4.69, 9.17) is 33.8 Å². The van der Waals surface area contributed by atoms with Crippen LogP contribution >= 0.6 is 23.2 Å². The largest absolute Gasteiger partial charge is 0.452 e. The SMILES string of the molecule is CNC(C=C1C(N)=NCCN1Cc1c(Cl)ccc(F)c1Cl)=C1N=C(C(F)(F)F)NO1. The molecule has 0 radical (unpaired) electrons. The fourth-order valence-electron chi connectivity index (χ4n) is 2.75. The summed E-state index contributed by atoms with van der Waals surface area (Å²) in [5.74, 6) is -2.12. The maximum atomic E-state index is 13.9. The van der Waals surface area contributed by atoms with E-state index in [0.29, 0.717) is 24.4 Å². The first-order valence-corrected chi connectivity index (χ1v) is 9.27. The normalized spacial score (nSPS) is 19.8. The molecule has 0 unspecified atom stereocenters. The zero-order valence-electron chi connectivity index (χ0n) is 15.4. The molecule has 1 aromatic carbocycles. The first-order chi connectivity index (χ1) is 14.1. The second kappa shape index (κ2) is 8.60. The molecule has 1 aromatic rings. The van der Waals surface area contributed by atoms with Crippen LogP contribution in [0.3, 0.4) is 0 Å². The summed E-state index contributed by atoms with van der Waals surface area (Å²) in [7, 11) is 1.48. The van der Waals surface area contributed by atoms with Crippen molar-refractivity contribution in [2.75, 3.05) is 20.1 Å². The van der Waals surface area contributed by atoms with Crippen molar-refractivity contribution in [2.45, 2.75) is 12.7 Å². The highest BCUT2D eigenvalue weighted by Crippen LogP contribution is 2.30. The number of hydrogen-bond acceptors (Lipinski definition) is 7. The maximum absolute atomic E-state index is 13.9. The van der Waals surface area contributed by atoms with Gasteiger partial charge in [-0.3, -0.25) is 4.99 Å². The number of nitrogens with two attached hydrogens (primary N) is 1. The third-order valence-electron chi connectivity index (χ3n) is 4.25. The highest BCUT2D eigenvalue weighted by molar-refractivity contribution is 6.36. The summed E-state index contributed by atoms with van der Waals surface area (Å²) in [5, 5.41) is 2.85. The van der Waals surface area contributed by atoms with Crippen LogP contribution in [0.15, 0.2) is 45.5 Å². The van der Waals surface area contributed by atoms with Gasteiger partial charge in [0.1, 0.15) is 17.3 Å². The van der Waals surface area contributed by atoms with Crippen LogP contribution in [0.5, 0.6) is 0 Å². The molecule has 7 nitrogen and oxygen atoms in total. The zero-order valence-corrected chi connectivity index (χ0v) is 17.0. The fraction of sp³-hybridized carbons (Fsp3) is 0.294. The van der Waals surface area contributed by atoms with Crippen molar-refractivity contribution in [1.82, 2.24) is 15.7 Å². The summed E-state index contributed by atoms with van der Waals surface area (Å²) in [5.41, 5.74) is 8.54. The van der Waals surface area contributed by atoms with Crippen molar-refractivity contribution in [3.8, 4) is 0 Å². The van der Waals surface area contributed by atoms with E-state index < -0.39 is 17.8 Å². The van der Waals surface area contributed by atoms with E-state index in [0.717, 1.165) is 6.07 Å². The summed E-state index contributed by atoms with van der Waals surface area (Å²) in [4.78, 5) is 14.1. The molecule has 2 aliphatic rings. The van der Waals surface area contributed by atoms with E-state index in [1.165, 1.54) is 19.2 Å². The van der Waals surface area contributed by atoms with Gasteiger partial charge in [0.2, 0.25) is 5.84 Å². The summed E-state index contributed by atoms with van der Waals surface area (Å²) in [6.45, 7) is 0.839. The van der Waals surface area contributed by atoms with Gasteiger partial charge in [-0.25, -0.2) is 4.39 Å². The molecule has 2 aliphatic heterocycles. The highest BCUT2D eigenvalue weighted by Gasteiger charge is 2.40. The zero-order chi connectivity index (χ0) is 22.1. The quantitative estimate of drug-likeness (QED) is 0.468. The smallest absolute Gasteiger partial charge is 0.384 e. The van der Waals surface area contributed by atoms with Crippen LogP contribution in [-0.2, 0) is 11.4 Å². The van der Waals surface area contributed by atoms with E-state index in [-0.39, 0.29) is 34.0 Å². The molecule has 30 heavy (non-hydrogen) atoms. The van der Waals surface area contributed by atoms with Crippen LogP contribution in [0.25, 0.3) is 0 Å². The van der Waals surface area contributed by atoms with E-state index in [1.807, 2.05) is 0 Å². The molecule has 4 N–H and O–H groups in total. The first kappa shape index (κ1) is 22.0. The predicted molar refractivity (Wildman–Crippen MR) is 105 cm³/mol. The second-order valence-electron chi connectivity index (χ2n) is 6.17. The van der Waals surface area contributed by atoms with E-state index in [2.05, 4.69) is 15.3 Å². The van der Waals surface area contributed by atoms with Crippen LogP contribution in [0, 0.1) is 5.82 Å². The summed E-state index contributed by atoms with van der Waals surface area (Å²) in [6.07, 6.45) is -3.27. The fourth-order valence-corrected chi connectivity index (χ4v) is 3.24. The number of alkyl halides is 3. The molecule has 0 amide bonds. The average molecular weight is 467 g/mol. The number of allylic oxidation sites excluding steroid dienone is 1. The third-order valence-corrected chi connectivity index (χ3v) is 5.01. The molecule has 0 fully saturated rings. The van der Waals surface area contributed by atoms with Gasteiger partial charge in [-0.2, -0.15) is 23.6 Å². The van der Waals surface area contributed by atoms with Gasteiger partial charge in [-0.05, 0) is 18.2 Å². The Hall–Kier alpha value is -2.66. The number of hydroxylamine groups is 1. The molecule has 0 atom stereocenters. The molecule has 0 bridgehead atoms. The lowest BCUT2D eigenvalue weighted by Gasteiger charge is -2.31. The van der Waals surface area contributed by atoms with Crippen LogP contribution in [0.4, 0.5) is 17.6 Å². The number of amidine groups is 2. The van der Waals surface area contributed by atoms with Crippen molar-refractivity contribution in [1.29, 1.82) is 0 Å². The topological polar surface area (TPSA) is 87.3 Å². The Bertz CT molecular complexity index is 974. The Labute approximate surface area is 178 Å². The Kier molecular flexibility index (Phi) is 6.32. The summed E-state index contributed by atoms with van der Waals surface area (Å²) in [6, 6.07) is 2.54. The third kappa shape index (κ3) is 4.57. The van der Waals surface area contributed by atoms with Crippen molar-refractivity contribution >= 4 is 34.9 Å². The number of halogens is 6. The Balaban J connectivity index is 1.99. The van der Waals surface area contributed by atoms with Gasteiger partial charge >= 0.3 is 6.18 Å². The second-order valence-corrected chi connectivity index (χ2v) is 6.96. The lowest BCUT2D eigenvalue weighted by Crippen LogP contribution is -2.38. The minimum atomic E-state index is -4.70. The molecular weight excluding hydrogens is 451 g/mol. The maximum Gasteiger partial charge on any atom is 0.452 e. The Morgan fingerprint density at radius 2 is 2.13 bits per heavy atom. The van der Waals surface area contributed by atoms with Crippen LogP contribution in [0.1, 0.15) is 5.56 Å². The Morgan fingerprint density at radius 1 is 1.40 bits per heavy atom. The highest BCUT2D eigenvalue weighted by atomic mass is 35.5. The number of hydrogen-bond donors (Lipinski definition) is 3. The monoisotopic (exact) mass is 466 g/mol. The van der Waals surface area contributed by atoms with Gasteiger partial charge in [0.25, 0.3) is 5.88 Å². The summed E-state index contributed by atoms with van der Waals surface area (Å²) >= 11 is 12.2. The number of benzene rings is 1. The van der Waals surface area contributed by atoms with Gasteiger partial charge in [0.15, 0.2) is 0 Å². The Morgan fingerprint density at radius 3 is 2.77 bits per heavy atom. The van der Waals surface area contributed by atoms with Gasteiger partial charge < -0.3 is 20.8 Å². The van der Waals surface area contributed by atoms with Crippen LogP contribution in [-0.4, -0.2) is 42.9 Å². The number of rotatable bonds is 4. The van der Waals surface area contributed by atoms with Gasteiger partial charge in [-0.1, -0.05) is 23.2 Å². The van der Waals surface area contributed by atoms with Crippen LogP contribution in [0.2, 0.25) is 10.0 Å². The minimum absolute atomic E-state index is 0.0972. The molecule has 13 heteroatoms. The number of nitrogens with one attached hydrogen (secondary N) is 2.